The summed E-state index contributed by atoms with van der Waals surface area (Å²) in [7, 11) is 0. The highest BCUT2D eigenvalue weighted by molar-refractivity contribution is 5.78. The molecule has 1 aromatic carbocycles. The van der Waals surface area contributed by atoms with Crippen LogP contribution in [0.15, 0.2) is 18.2 Å². The van der Waals surface area contributed by atoms with Gasteiger partial charge in [-0.25, -0.2) is 4.79 Å². The van der Waals surface area contributed by atoms with E-state index in [1.54, 1.807) is 0 Å². The van der Waals surface area contributed by atoms with Crippen LogP contribution in [0.25, 0.3) is 0 Å². The van der Waals surface area contributed by atoms with Crippen LogP contribution in [0.4, 0.5) is 0 Å². The number of hydrogen-bond donors (Lipinski definition) is 1. The van der Waals surface area contributed by atoms with Crippen molar-refractivity contribution in [1.29, 1.82) is 0 Å². The quantitative estimate of drug-likeness (QED) is 0.872. The molecule has 1 aromatic rings. The number of nitrogens with one attached hydrogen (secondary N) is 1. The Kier molecular flexibility index (Phi) is 5.24. The predicted molar refractivity (Wildman–Crippen MR) is 88.9 cm³/mol. The summed E-state index contributed by atoms with van der Waals surface area (Å²) >= 11 is 0. The molecule has 0 aromatic heterocycles. The Balaban J connectivity index is 2.33. The molecule has 1 fully saturated rings. The number of rotatable bonds is 3. The van der Waals surface area contributed by atoms with Gasteiger partial charge >= 0.3 is 5.97 Å². The molecule has 4 heteroatoms. The molecule has 22 heavy (non-hydrogen) atoms. The standard InChI is InChI=1S/C18H28N2O2/c1-13-10-14(2)12-15(11-13)16(17(21)22-18(3,4)5)20-8-6-19-7-9-20/h10-12,16,19H,6-9H2,1-5H3. The van der Waals surface area contributed by atoms with E-state index in [1.807, 2.05) is 20.8 Å². The number of piperazine rings is 1. The number of benzene rings is 1. The van der Waals surface area contributed by atoms with Gasteiger partial charge in [-0.05, 0) is 40.2 Å². The summed E-state index contributed by atoms with van der Waals surface area (Å²) in [6.07, 6.45) is 0. The molecular formula is C18H28N2O2. The van der Waals surface area contributed by atoms with Gasteiger partial charge in [0.05, 0.1) is 0 Å². The van der Waals surface area contributed by atoms with E-state index in [4.69, 9.17) is 4.74 Å². The second kappa shape index (κ2) is 6.80. The fourth-order valence-electron chi connectivity index (χ4n) is 2.96. The lowest BCUT2D eigenvalue weighted by molar-refractivity contribution is -0.162. The molecular weight excluding hydrogens is 276 g/mol. The molecule has 0 aliphatic carbocycles. The van der Waals surface area contributed by atoms with Gasteiger partial charge in [-0.15, -0.1) is 0 Å². The highest BCUT2D eigenvalue weighted by Crippen LogP contribution is 2.27. The lowest BCUT2D eigenvalue weighted by Gasteiger charge is -2.35. The van der Waals surface area contributed by atoms with Gasteiger partial charge in [0, 0.05) is 26.2 Å². The first-order valence-electron chi connectivity index (χ1n) is 8.02. The third kappa shape index (κ3) is 4.55. The van der Waals surface area contributed by atoms with E-state index in [0.29, 0.717) is 0 Å². The summed E-state index contributed by atoms with van der Waals surface area (Å²) in [4.78, 5) is 15.0. The van der Waals surface area contributed by atoms with Crippen molar-refractivity contribution in [2.24, 2.45) is 0 Å². The smallest absolute Gasteiger partial charge is 0.328 e. The molecule has 1 heterocycles. The van der Waals surface area contributed by atoms with Crippen LogP contribution < -0.4 is 5.32 Å². The Hall–Kier alpha value is -1.39. The lowest BCUT2D eigenvalue weighted by Crippen LogP contribution is -2.48. The van der Waals surface area contributed by atoms with E-state index >= 15 is 0 Å². The predicted octanol–water partition coefficient (Wildman–Crippen LogP) is 2.59. The van der Waals surface area contributed by atoms with Crippen molar-refractivity contribution in [3.63, 3.8) is 0 Å². The van der Waals surface area contributed by atoms with Crippen LogP contribution in [-0.4, -0.2) is 42.6 Å². The first-order chi connectivity index (χ1) is 10.3. The van der Waals surface area contributed by atoms with Gasteiger partial charge in [0.15, 0.2) is 0 Å². The molecule has 1 aliphatic rings. The lowest BCUT2D eigenvalue weighted by atomic mass is 9.99. The summed E-state index contributed by atoms with van der Waals surface area (Å²) in [5, 5.41) is 3.34. The Morgan fingerprint density at radius 1 is 1.14 bits per heavy atom. The maximum absolute atomic E-state index is 12.8. The number of carbonyl (C=O) groups is 1. The van der Waals surface area contributed by atoms with Crippen LogP contribution in [0.3, 0.4) is 0 Å². The zero-order valence-electron chi connectivity index (χ0n) is 14.4. The summed E-state index contributed by atoms with van der Waals surface area (Å²) in [5.74, 6) is -0.153. The van der Waals surface area contributed by atoms with E-state index < -0.39 is 5.60 Å². The summed E-state index contributed by atoms with van der Waals surface area (Å²) < 4.78 is 5.69. The summed E-state index contributed by atoms with van der Waals surface area (Å²) in [6.45, 7) is 13.4. The molecule has 1 N–H and O–H groups in total. The molecule has 0 saturated carbocycles. The Morgan fingerprint density at radius 2 is 1.68 bits per heavy atom. The van der Waals surface area contributed by atoms with E-state index in [0.717, 1.165) is 31.7 Å². The van der Waals surface area contributed by atoms with E-state index in [9.17, 15) is 4.79 Å². The fourth-order valence-corrected chi connectivity index (χ4v) is 2.96. The molecule has 0 spiro atoms. The first kappa shape index (κ1) is 17.0. The number of nitrogens with zero attached hydrogens (tertiary/aromatic N) is 1. The van der Waals surface area contributed by atoms with Gasteiger partial charge in [0.25, 0.3) is 0 Å². The van der Waals surface area contributed by atoms with Crippen LogP contribution in [0.5, 0.6) is 0 Å². The number of carbonyl (C=O) groups excluding carboxylic acids is 1. The monoisotopic (exact) mass is 304 g/mol. The Morgan fingerprint density at radius 3 is 2.18 bits per heavy atom. The van der Waals surface area contributed by atoms with E-state index in [-0.39, 0.29) is 12.0 Å². The largest absolute Gasteiger partial charge is 0.459 e. The van der Waals surface area contributed by atoms with Crippen molar-refractivity contribution >= 4 is 5.97 Å². The molecule has 4 nitrogen and oxygen atoms in total. The molecule has 0 radical (unpaired) electrons. The van der Waals surface area contributed by atoms with Crippen molar-refractivity contribution in [3.8, 4) is 0 Å². The third-order valence-electron chi connectivity index (χ3n) is 3.71. The van der Waals surface area contributed by atoms with Crippen LogP contribution in [0.2, 0.25) is 0 Å². The molecule has 0 amide bonds. The normalized spacial score (nSPS) is 18.0. The molecule has 1 atom stereocenters. The van der Waals surface area contributed by atoms with Gasteiger partial charge in [-0.1, -0.05) is 29.3 Å². The molecule has 2 rings (SSSR count). The Labute approximate surface area is 133 Å². The maximum Gasteiger partial charge on any atom is 0.328 e. The van der Waals surface area contributed by atoms with Gasteiger partial charge < -0.3 is 10.1 Å². The van der Waals surface area contributed by atoms with Crippen LogP contribution in [0.1, 0.15) is 43.5 Å². The van der Waals surface area contributed by atoms with Gasteiger partial charge in [-0.3, -0.25) is 4.90 Å². The molecule has 122 valence electrons. The summed E-state index contributed by atoms with van der Waals surface area (Å²) in [5.41, 5.74) is 2.92. The highest BCUT2D eigenvalue weighted by atomic mass is 16.6. The van der Waals surface area contributed by atoms with Gasteiger partial charge in [0.2, 0.25) is 0 Å². The Bertz CT molecular complexity index is 508. The minimum atomic E-state index is -0.470. The zero-order chi connectivity index (χ0) is 16.3. The van der Waals surface area contributed by atoms with Crippen LogP contribution >= 0.6 is 0 Å². The minimum Gasteiger partial charge on any atom is -0.459 e. The molecule has 1 saturated heterocycles. The van der Waals surface area contributed by atoms with Crippen LogP contribution in [-0.2, 0) is 9.53 Å². The summed E-state index contributed by atoms with van der Waals surface area (Å²) in [6, 6.07) is 6.01. The van der Waals surface area contributed by atoms with Gasteiger partial charge in [-0.2, -0.15) is 0 Å². The first-order valence-corrected chi connectivity index (χ1v) is 8.02. The van der Waals surface area contributed by atoms with Crippen molar-refractivity contribution < 1.29 is 9.53 Å². The van der Waals surface area contributed by atoms with Crippen molar-refractivity contribution in [3.05, 3.63) is 34.9 Å². The van der Waals surface area contributed by atoms with Crippen molar-refractivity contribution in [1.82, 2.24) is 10.2 Å². The van der Waals surface area contributed by atoms with E-state index in [1.165, 1.54) is 11.1 Å². The second-order valence-corrected chi connectivity index (χ2v) is 7.14. The van der Waals surface area contributed by atoms with Crippen LogP contribution in [0, 0.1) is 13.8 Å². The number of esters is 1. The second-order valence-electron chi connectivity index (χ2n) is 7.14. The third-order valence-corrected chi connectivity index (χ3v) is 3.71. The number of ether oxygens (including phenoxy) is 1. The SMILES string of the molecule is Cc1cc(C)cc(C(C(=O)OC(C)(C)C)N2CCNCC2)c1. The topological polar surface area (TPSA) is 41.6 Å². The highest BCUT2D eigenvalue weighted by Gasteiger charge is 2.32. The molecule has 0 bridgehead atoms. The number of hydrogen-bond acceptors (Lipinski definition) is 4. The minimum absolute atomic E-state index is 0.153. The maximum atomic E-state index is 12.8. The fraction of sp³-hybridized carbons (Fsp3) is 0.611. The number of aryl methyl sites for hydroxylation is 2. The van der Waals surface area contributed by atoms with E-state index in [2.05, 4.69) is 42.3 Å². The average molecular weight is 304 g/mol. The van der Waals surface area contributed by atoms with Gasteiger partial charge in [0.1, 0.15) is 11.6 Å². The zero-order valence-corrected chi connectivity index (χ0v) is 14.4. The van der Waals surface area contributed by atoms with Crippen molar-refractivity contribution in [2.45, 2.75) is 46.3 Å². The molecule has 1 unspecified atom stereocenters. The molecule has 1 aliphatic heterocycles. The van der Waals surface area contributed by atoms with Crippen molar-refractivity contribution in [2.75, 3.05) is 26.2 Å². The average Bonchev–Trinajstić information content (AvgIpc) is 2.36.